The number of aromatic nitrogens is 4. The quantitative estimate of drug-likeness (QED) is 0.680. The Morgan fingerprint density at radius 1 is 1.37 bits per heavy atom. The highest BCUT2D eigenvalue weighted by molar-refractivity contribution is 6.36. The average molecular weight is 251 g/mol. The molecule has 94 valence electrons. The maximum Gasteiger partial charge on any atom is 0.151 e. The van der Waals surface area contributed by atoms with E-state index >= 15 is 0 Å². The molecule has 0 radical (unpaired) electrons. The maximum atomic E-state index is 4.50. The van der Waals surface area contributed by atoms with Gasteiger partial charge in [0.05, 0.1) is 0 Å². The first-order valence-electron chi connectivity index (χ1n) is 6.19. The van der Waals surface area contributed by atoms with Crippen LogP contribution in [0.15, 0.2) is 36.8 Å². The number of pyridine rings is 1. The van der Waals surface area contributed by atoms with E-state index in [2.05, 4.69) is 20.4 Å². The number of anilines is 1. The van der Waals surface area contributed by atoms with E-state index in [1.165, 1.54) is 0 Å². The lowest BCUT2D eigenvalue weighted by Crippen LogP contribution is -2.09. The van der Waals surface area contributed by atoms with Crippen LogP contribution in [0.25, 0.3) is 5.65 Å². The molecule has 0 aliphatic heterocycles. The predicted octanol–water partition coefficient (Wildman–Crippen LogP) is 0.303. The van der Waals surface area contributed by atoms with E-state index < -0.39 is 0 Å². The summed E-state index contributed by atoms with van der Waals surface area (Å²) in [6, 6.07) is 5.97. The molecule has 0 atom stereocenters. The third-order valence-corrected chi connectivity index (χ3v) is 2.97. The van der Waals surface area contributed by atoms with E-state index in [4.69, 9.17) is 0 Å². The molecule has 6 heteroatoms. The molecular formula is C13H14BN5. The SMILES string of the molecule is Bc1cnn2c(NCc3cccnc3)cc(C)nc12. The van der Waals surface area contributed by atoms with Crippen molar-refractivity contribution in [1.82, 2.24) is 19.6 Å². The molecule has 0 bridgehead atoms. The Balaban J connectivity index is 1.92. The second-order valence-corrected chi connectivity index (χ2v) is 4.56. The fourth-order valence-electron chi connectivity index (χ4n) is 2.02. The molecule has 0 amide bonds. The Bertz CT molecular complexity index is 708. The van der Waals surface area contributed by atoms with E-state index in [0.717, 1.165) is 28.2 Å². The van der Waals surface area contributed by atoms with E-state index in [-0.39, 0.29) is 0 Å². The van der Waals surface area contributed by atoms with Gasteiger partial charge < -0.3 is 5.32 Å². The van der Waals surface area contributed by atoms with Crippen LogP contribution < -0.4 is 10.8 Å². The Labute approximate surface area is 112 Å². The average Bonchev–Trinajstić information content (AvgIpc) is 2.79. The van der Waals surface area contributed by atoms with Gasteiger partial charge in [0.15, 0.2) is 5.65 Å². The summed E-state index contributed by atoms with van der Waals surface area (Å²) in [6.07, 6.45) is 5.46. The summed E-state index contributed by atoms with van der Waals surface area (Å²) in [5, 5.41) is 7.73. The third kappa shape index (κ3) is 2.29. The van der Waals surface area contributed by atoms with Crippen LogP contribution in [0.5, 0.6) is 0 Å². The van der Waals surface area contributed by atoms with Crippen molar-refractivity contribution in [3.63, 3.8) is 0 Å². The van der Waals surface area contributed by atoms with Gasteiger partial charge in [0.1, 0.15) is 13.7 Å². The summed E-state index contributed by atoms with van der Waals surface area (Å²) < 4.78 is 1.83. The topological polar surface area (TPSA) is 55.1 Å². The molecule has 0 unspecified atom stereocenters. The monoisotopic (exact) mass is 251 g/mol. The van der Waals surface area contributed by atoms with E-state index in [1.807, 2.05) is 49.9 Å². The van der Waals surface area contributed by atoms with Crippen molar-refractivity contribution in [2.75, 3.05) is 5.32 Å². The lowest BCUT2D eigenvalue weighted by molar-refractivity contribution is 0.916. The Kier molecular flexibility index (Phi) is 2.91. The lowest BCUT2D eigenvalue weighted by atomic mass is 10.0. The van der Waals surface area contributed by atoms with Gasteiger partial charge in [-0.15, -0.1) is 0 Å². The fourth-order valence-corrected chi connectivity index (χ4v) is 2.02. The highest BCUT2D eigenvalue weighted by atomic mass is 15.3. The van der Waals surface area contributed by atoms with Gasteiger partial charge in [-0.1, -0.05) is 6.07 Å². The van der Waals surface area contributed by atoms with Gasteiger partial charge in [-0.05, 0) is 24.0 Å². The number of nitrogens with one attached hydrogen (secondary N) is 1. The molecule has 0 spiro atoms. The molecule has 0 fully saturated rings. The van der Waals surface area contributed by atoms with Crippen molar-refractivity contribution in [3.8, 4) is 0 Å². The molecule has 3 heterocycles. The number of hydrogen-bond acceptors (Lipinski definition) is 4. The minimum Gasteiger partial charge on any atom is -0.366 e. The first-order valence-corrected chi connectivity index (χ1v) is 6.19. The standard InChI is InChI=1S/C13H14BN5/c1-9-5-12(16-7-10-3-2-4-15-6-10)19-13(18-9)11(14)8-17-19/h2-6,8,16H,7,14H2,1H3. The van der Waals surface area contributed by atoms with Crippen LogP contribution in [0.1, 0.15) is 11.3 Å². The molecular weight excluding hydrogens is 237 g/mol. The fraction of sp³-hybridized carbons (Fsp3) is 0.154. The number of fused-ring (bicyclic) bond motifs is 1. The van der Waals surface area contributed by atoms with Crippen LogP contribution >= 0.6 is 0 Å². The van der Waals surface area contributed by atoms with Gasteiger partial charge >= 0.3 is 0 Å². The van der Waals surface area contributed by atoms with Crippen molar-refractivity contribution in [2.45, 2.75) is 13.5 Å². The predicted molar refractivity (Wildman–Crippen MR) is 77.5 cm³/mol. The summed E-state index contributed by atoms with van der Waals surface area (Å²) in [6.45, 7) is 2.70. The molecule has 0 aliphatic carbocycles. The van der Waals surface area contributed by atoms with Crippen LogP contribution in [0.4, 0.5) is 5.82 Å². The smallest absolute Gasteiger partial charge is 0.151 e. The van der Waals surface area contributed by atoms with Crippen molar-refractivity contribution >= 4 is 24.8 Å². The van der Waals surface area contributed by atoms with Gasteiger partial charge in [0.2, 0.25) is 0 Å². The summed E-state index contributed by atoms with van der Waals surface area (Å²) in [7, 11) is 2.01. The zero-order valence-corrected chi connectivity index (χ0v) is 11.0. The van der Waals surface area contributed by atoms with E-state index in [9.17, 15) is 0 Å². The van der Waals surface area contributed by atoms with Crippen molar-refractivity contribution in [1.29, 1.82) is 0 Å². The summed E-state index contributed by atoms with van der Waals surface area (Å²) in [5.41, 5.74) is 4.08. The van der Waals surface area contributed by atoms with Crippen molar-refractivity contribution in [2.24, 2.45) is 0 Å². The van der Waals surface area contributed by atoms with Crippen LogP contribution in [-0.4, -0.2) is 27.4 Å². The lowest BCUT2D eigenvalue weighted by Gasteiger charge is -2.09. The van der Waals surface area contributed by atoms with Crippen molar-refractivity contribution in [3.05, 3.63) is 48.0 Å². The van der Waals surface area contributed by atoms with Crippen LogP contribution in [0.2, 0.25) is 0 Å². The molecule has 3 aromatic heterocycles. The number of aryl methyl sites for hydroxylation is 1. The Morgan fingerprint density at radius 2 is 2.26 bits per heavy atom. The molecule has 5 nitrogen and oxygen atoms in total. The second-order valence-electron chi connectivity index (χ2n) is 4.56. The maximum absolute atomic E-state index is 4.50. The zero-order chi connectivity index (χ0) is 13.2. The molecule has 0 saturated carbocycles. The number of nitrogens with zero attached hydrogens (tertiary/aromatic N) is 4. The largest absolute Gasteiger partial charge is 0.366 e. The molecule has 0 saturated heterocycles. The molecule has 3 aromatic rings. The number of rotatable bonds is 3. The van der Waals surface area contributed by atoms with Gasteiger partial charge in [-0.3, -0.25) is 4.98 Å². The summed E-state index contributed by atoms with van der Waals surface area (Å²) >= 11 is 0. The Morgan fingerprint density at radius 3 is 3.05 bits per heavy atom. The van der Waals surface area contributed by atoms with Gasteiger partial charge in [-0.2, -0.15) is 9.61 Å². The zero-order valence-electron chi connectivity index (χ0n) is 11.0. The summed E-state index contributed by atoms with van der Waals surface area (Å²) in [4.78, 5) is 8.61. The normalized spacial score (nSPS) is 10.8. The van der Waals surface area contributed by atoms with Crippen LogP contribution in [-0.2, 0) is 6.54 Å². The van der Waals surface area contributed by atoms with Gasteiger partial charge in [0, 0.05) is 36.9 Å². The van der Waals surface area contributed by atoms with Crippen LogP contribution in [0.3, 0.4) is 0 Å². The first kappa shape index (κ1) is 11.7. The Hall–Kier alpha value is -2.37. The first-order chi connectivity index (χ1) is 9.24. The molecule has 19 heavy (non-hydrogen) atoms. The molecule has 0 aromatic carbocycles. The number of hydrogen-bond donors (Lipinski definition) is 1. The molecule has 1 N–H and O–H groups in total. The van der Waals surface area contributed by atoms with Crippen molar-refractivity contribution < 1.29 is 0 Å². The van der Waals surface area contributed by atoms with E-state index in [0.29, 0.717) is 6.54 Å². The van der Waals surface area contributed by atoms with Crippen LogP contribution in [0, 0.1) is 6.92 Å². The third-order valence-electron chi connectivity index (χ3n) is 2.97. The van der Waals surface area contributed by atoms with Gasteiger partial charge in [0.25, 0.3) is 0 Å². The minimum atomic E-state index is 0.714. The second kappa shape index (κ2) is 4.72. The highest BCUT2D eigenvalue weighted by Gasteiger charge is 2.07. The summed E-state index contributed by atoms with van der Waals surface area (Å²) in [5.74, 6) is 0.944. The molecule has 0 aliphatic rings. The van der Waals surface area contributed by atoms with E-state index in [1.54, 1.807) is 6.20 Å². The molecule has 3 rings (SSSR count). The minimum absolute atomic E-state index is 0.714. The van der Waals surface area contributed by atoms with Gasteiger partial charge in [-0.25, -0.2) is 4.98 Å². The highest BCUT2D eigenvalue weighted by Crippen LogP contribution is 2.11.